The van der Waals surface area contributed by atoms with Gasteiger partial charge in [0.15, 0.2) is 0 Å². The highest BCUT2D eigenvalue weighted by Crippen LogP contribution is 2.50. The summed E-state index contributed by atoms with van der Waals surface area (Å²) in [6, 6.07) is 1.54. The molecule has 0 spiro atoms. The molecule has 0 bridgehead atoms. The molecule has 3 unspecified atom stereocenters. The fourth-order valence-corrected chi connectivity index (χ4v) is 3.17. The summed E-state index contributed by atoms with van der Waals surface area (Å²) in [6.07, 6.45) is -4.68. The number of pyridine rings is 1. The van der Waals surface area contributed by atoms with Crippen molar-refractivity contribution in [2.45, 2.75) is 44.1 Å². The molecule has 1 aliphatic rings. The molecule has 2 heterocycles. The molecule has 134 valence electrons. The van der Waals surface area contributed by atoms with Gasteiger partial charge in [0.25, 0.3) is 0 Å². The van der Waals surface area contributed by atoms with Gasteiger partial charge in [0.1, 0.15) is 17.7 Å². The second-order valence-electron chi connectivity index (χ2n) is 6.21. The Morgan fingerprint density at radius 1 is 1.54 bits per heavy atom. The topological polar surface area (TPSA) is 99.7 Å². The van der Waals surface area contributed by atoms with Crippen LogP contribution in [-0.2, 0) is 4.79 Å². The number of aliphatic hydroxyl groups is 2. The first-order valence-electron chi connectivity index (χ1n) is 7.44. The molecule has 2 rings (SSSR count). The van der Waals surface area contributed by atoms with Crippen molar-refractivity contribution in [3.8, 4) is 0 Å². The van der Waals surface area contributed by atoms with Gasteiger partial charge in [0, 0.05) is 0 Å². The van der Waals surface area contributed by atoms with Crippen LogP contribution in [0.2, 0.25) is 0 Å². The number of primary amides is 1. The first-order chi connectivity index (χ1) is 11.0. The van der Waals surface area contributed by atoms with Gasteiger partial charge in [-0.2, -0.15) is 13.2 Å². The molecule has 24 heavy (non-hydrogen) atoms. The van der Waals surface area contributed by atoms with Crippen molar-refractivity contribution < 1.29 is 28.2 Å². The lowest BCUT2D eigenvalue weighted by atomic mass is 9.87. The van der Waals surface area contributed by atoms with Crippen LogP contribution in [0.3, 0.4) is 0 Å². The number of carbonyl (C=O) groups is 1. The van der Waals surface area contributed by atoms with Crippen LogP contribution in [0.4, 0.5) is 18.9 Å². The van der Waals surface area contributed by atoms with Crippen LogP contribution >= 0.6 is 0 Å². The Labute approximate surface area is 137 Å². The predicted octanol–water partition coefficient (Wildman–Crippen LogP) is 1.13. The monoisotopic (exact) mass is 347 g/mol. The van der Waals surface area contributed by atoms with Gasteiger partial charge in [-0.15, -0.1) is 0 Å². The minimum Gasteiger partial charge on any atom is -0.393 e. The van der Waals surface area contributed by atoms with Gasteiger partial charge < -0.3 is 20.8 Å². The Kier molecular flexibility index (Phi) is 4.78. The van der Waals surface area contributed by atoms with Crippen LogP contribution in [0.5, 0.6) is 0 Å². The molecule has 6 nitrogen and oxygen atoms in total. The van der Waals surface area contributed by atoms with Crippen molar-refractivity contribution in [2.75, 3.05) is 11.5 Å². The van der Waals surface area contributed by atoms with Gasteiger partial charge in [0.2, 0.25) is 5.91 Å². The average Bonchev–Trinajstić information content (AvgIpc) is 2.80. The Balaban J connectivity index is 2.51. The summed E-state index contributed by atoms with van der Waals surface area (Å²) in [5, 5.41) is 18.4. The Bertz CT molecular complexity index is 608. The van der Waals surface area contributed by atoms with Crippen molar-refractivity contribution in [1.82, 2.24) is 4.98 Å². The Hall–Kier alpha value is -1.87. The third-order valence-electron chi connectivity index (χ3n) is 4.81. The highest BCUT2D eigenvalue weighted by molar-refractivity contribution is 5.85. The molecule has 4 N–H and O–H groups in total. The van der Waals surface area contributed by atoms with E-state index in [1.54, 1.807) is 0 Å². The third-order valence-corrected chi connectivity index (χ3v) is 4.81. The lowest BCUT2D eigenvalue weighted by molar-refractivity contribution is -0.189. The lowest BCUT2D eigenvalue weighted by Gasteiger charge is -2.42. The molecule has 1 aliphatic heterocycles. The van der Waals surface area contributed by atoms with Crippen LogP contribution in [0, 0.1) is 5.92 Å². The first kappa shape index (κ1) is 18.5. The highest BCUT2D eigenvalue weighted by Gasteiger charge is 2.64. The molecule has 0 saturated carbocycles. The normalized spacial score (nSPS) is 28.9. The van der Waals surface area contributed by atoms with E-state index in [1.807, 2.05) is 0 Å². The molecule has 0 aliphatic carbocycles. The number of halogens is 3. The van der Waals surface area contributed by atoms with Crippen molar-refractivity contribution in [1.29, 1.82) is 0 Å². The zero-order valence-corrected chi connectivity index (χ0v) is 13.3. The van der Waals surface area contributed by atoms with Crippen LogP contribution < -0.4 is 10.6 Å². The van der Waals surface area contributed by atoms with E-state index in [9.17, 15) is 23.1 Å². The summed E-state index contributed by atoms with van der Waals surface area (Å²) < 4.78 is 41.2. The maximum atomic E-state index is 13.7. The lowest BCUT2D eigenvalue weighted by Crippen LogP contribution is -2.59. The molecular weight excluding hydrogens is 327 g/mol. The Morgan fingerprint density at radius 3 is 2.58 bits per heavy atom. The van der Waals surface area contributed by atoms with E-state index in [2.05, 4.69) is 4.98 Å². The number of hydrogen-bond acceptors (Lipinski definition) is 5. The zero-order chi connectivity index (χ0) is 18.3. The van der Waals surface area contributed by atoms with Crippen molar-refractivity contribution in [3.05, 3.63) is 24.0 Å². The largest absolute Gasteiger partial charge is 0.411 e. The molecule has 4 atom stereocenters. The molecule has 1 amide bonds. The molecule has 1 aromatic heterocycles. The van der Waals surface area contributed by atoms with E-state index in [0.29, 0.717) is 0 Å². The van der Waals surface area contributed by atoms with E-state index in [4.69, 9.17) is 10.8 Å². The zero-order valence-electron chi connectivity index (χ0n) is 13.3. The number of nitrogens with zero attached hydrogens (tertiary/aromatic N) is 2. The molecule has 0 aromatic carbocycles. The molecular formula is C15H20F3N3O3. The summed E-state index contributed by atoms with van der Waals surface area (Å²) in [7, 11) is 0. The van der Waals surface area contributed by atoms with Crippen molar-refractivity contribution in [2.24, 2.45) is 11.7 Å². The van der Waals surface area contributed by atoms with Crippen LogP contribution in [0.25, 0.3) is 0 Å². The maximum Gasteiger partial charge on any atom is 0.411 e. The number of alkyl halides is 3. The quantitative estimate of drug-likeness (QED) is 0.758. The van der Waals surface area contributed by atoms with Crippen molar-refractivity contribution in [3.63, 3.8) is 0 Å². The summed E-state index contributed by atoms with van der Waals surface area (Å²) in [6.45, 7) is 1.91. The smallest absolute Gasteiger partial charge is 0.393 e. The molecule has 0 radical (unpaired) electrons. The highest BCUT2D eigenvalue weighted by atomic mass is 19.4. The summed E-state index contributed by atoms with van der Waals surface area (Å²) in [4.78, 5) is 16.5. The third kappa shape index (κ3) is 2.82. The molecule has 1 saturated heterocycles. The minimum atomic E-state index is -4.58. The number of rotatable bonds is 4. The predicted molar refractivity (Wildman–Crippen MR) is 80.0 cm³/mol. The van der Waals surface area contributed by atoms with Gasteiger partial charge in [-0.3, -0.25) is 9.78 Å². The van der Waals surface area contributed by atoms with E-state index in [0.717, 1.165) is 18.0 Å². The number of aliphatic hydroxyl groups excluding tert-OH is 2. The van der Waals surface area contributed by atoms with Gasteiger partial charge in [-0.05, 0) is 31.4 Å². The average molecular weight is 347 g/mol. The molecule has 1 fully saturated rings. The number of anilines is 1. The fraction of sp³-hybridized carbons (Fsp3) is 0.600. The van der Waals surface area contributed by atoms with E-state index in [1.165, 1.54) is 19.1 Å². The second kappa shape index (κ2) is 6.21. The van der Waals surface area contributed by atoms with Gasteiger partial charge in [-0.25, -0.2) is 0 Å². The van der Waals surface area contributed by atoms with Crippen LogP contribution in [0.15, 0.2) is 18.3 Å². The van der Waals surface area contributed by atoms with Gasteiger partial charge in [0.05, 0.1) is 24.2 Å². The number of amides is 1. The second-order valence-corrected chi connectivity index (χ2v) is 6.21. The standard InChI is InChI=1S/C15H20F3N3O3/c1-8-5-11(13(19)24)21(14(8,2)15(16,17)18)9-3-4-10(20-6-9)12(23)7-22/h3-4,6,8,11-12,22-23H,5,7H2,1-2H3,(H2,19,24)/t8?,11?,12-,14?/m0/s1. The fourth-order valence-electron chi connectivity index (χ4n) is 3.17. The summed E-state index contributed by atoms with van der Waals surface area (Å²) >= 11 is 0. The van der Waals surface area contributed by atoms with Crippen LogP contribution in [0.1, 0.15) is 32.1 Å². The van der Waals surface area contributed by atoms with Crippen LogP contribution in [-0.4, -0.2) is 45.5 Å². The first-order valence-corrected chi connectivity index (χ1v) is 7.44. The molecule has 9 heteroatoms. The van der Waals surface area contributed by atoms with Crippen molar-refractivity contribution >= 4 is 11.6 Å². The number of nitrogens with two attached hydrogens (primary N) is 1. The maximum absolute atomic E-state index is 13.7. The SMILES string of the molecule is CC1CC(C(N)=O)N(c2ccc([C@@H](O)CO)nc2)C1(C)C(F)(F)F. The number of carbonyl (C=O) groups excluding carboxylic acids is 1. The summed E-state index contributed by atoms with van der Waals surface area (Å²) in [5.74, 6) is -1.69. The van der Waals surface area contributed by atoms with E-state index >= 15 is 0 Å². The summed E-state index contributed by atoms with van der Waals surface area (Å²) in [5.41, 5.74) is 3.24. The number of aromatic nitrogens is 1. The minimum absolute atomic E-state index is 0.0215. The van der Waals surface area contributed by atoms with E-state index < -0.39 is 42.3 Å². The molecule has 1 aromatic rings. The Morgan fingerprint density at radius 2 is 2.17 bits per heavy atom. The number of hydrogen-bond donors (Lipinski definition) is 3. The van der Waals surface area contributed by atoms with E-state index in [-0.39, 0.29) is 17.8 Å². The van der Waals surface area contributed by atoms with Gasteiger partial charge >= 0.3 is 6.18 Å². The van der Waals surface area contributed by atoms with Gasteiger partial charge in [-0.1, -0.05) is 6.92 Å².